The first-order valence-corrected chi connectivity index (χ1v) is 7.74. The number of aromatic nitrogens is 3. The van der Waals surface area contributed by atoms with E-state index in [1.165, 1.54) is 6.33 Å². The van der Waals surface area contributed by atoms with Gasteiger partial charge in [0, 0.05) is 26.1 Å². The number of amides is 2. The van der Waals surface area contributed by atoms with Crippen LogP contribution in [-0.2, 0) is 13.6 Å². The van der Waals surface area contributed by atoms with Crippen LogP contribution in [0.2, 0.25) is 0 Å². The normalized spacial score (nSPS) is 19.0. The van der Waals surface area contributed by atoms with E-state index in [0.717, 1.165) is 12.8 Å². The Hall–Kier alpha value is -2.35. The van der Waals surface area contributed by atoms with Crippen LogP contribution in [0.1, 0.15) is 37.0 Å². The number of hydrogen-bond donors (Lipinski definition) is 2. The molecule has 124 valence electrons. The lowest BCUT2D eigenvalue weighted by molar-refractivity contribution is 0.108. The molecule has 0 aliphatic carbocycles. The van der Waals surface area contributed by atoms with Crippen molar-refractivity contribution in [2.24, 2.45) is 7.05 Å². The molecule has 2 aromatic rings. The average Bonchev–Trinajstić information content (AvgIpc) is 3.26. The van der Waals surface area contributed by atoms with Crippen LogP contribution in [0.15, 0.2) is 29.1 Å². The standard InChI is InChI=1S/C15H21N5O3/c1-19-14(17-10-18-19)9-16-15(22)20-6-2-4-11(20)8-12(21)13-5-3-7-23-13/h3,5,7,10-12,21H,2,4,6,8-9H2,1H3,(H,16,22). The minimum Gasteiger partial charge on any atom is -0.467 e. The van der Waals surface area contributed by atoms with Crippen LogP contribution in [0, 0.1) is 0 Å². The third-order valence-electron chi connectivity index (χ3n) is 4.21. The summed E-state index contributed by atoms with van der Waals surface area (Å²) in [4.78, 5) is 18.2. The van der Waals surface area contributed by atoms with E-state index >= 15 is 0 Å². The predicted octanol–water partition coefficient (Wildman–Crippen LogP) is 1.21. The second kappa shape index (κ2) is 6.82. The number of carbonyl (C=O) groups excluding carboxylic acids is 1. The van der Waals surface area contributed by atoms with Gasteiger partial charge >= 0.3 is 6.03 Å². The van der Waals surface area contributed by atoms with Gasteiger partial charge in [0.1, 0.15) is 24.0 Å². The SMILES string of the molecule is Cn1ncnc1CNC(=O)N1CCCC1CC(O)c1ccco1. The number of nitrogens with zero attached hydrogens (tertiary/aromatic N) is 4. The Morgan fingerprint density at radius 1 is 1.61 bits per heavy atom. The van der Waals surface area contributed by atoms with Crippen LogP contribution < -0.4 is 5.32 Å². The summed E-state index contributed by atoms with van der Waals surface area (Å²) in [5.41, 5.74) is 0. The van der Waals surface area contributed by atoms with Crippen molar-refractivity contribution >= 4 is 6.03 Å². The van der Waals surface area contributed by atoms with Gasteiger partial charge in [0.2, 0.25) is 0 Å². The van der Waals surface area contributed by atoms with Gasteiger partial charge in [0.25, 0.3) is 0 Å². The van der Waals surface area contributed by atoms with Crippen molar-refractivity contribution in [2.75, 3.05) is 6.54 Å². The molecule has 8 heteroatoms. The van der Waals surface area contributed by atoms with Gasteiger partial charge < -0.3 is 19.7 Å². The molecule has 2 unspecified atom stereocenters. The highest BCUT2D eigenvalue weighted by atomic mass is 16.4. The zero-order valence-electron chi connectivity index (χ0n) is 13.1. The molecule has 2 aromatic heterocycles. The molecule has 0 spiro atoms. The van der Waals surface area contributed by atoms with Crippen molar-refractivity contribution in [2.45, 2.75) is 38.0 Å². The second-order valence-corrected chi connectivity index (χ2v) is 5.71. The number of urea groups is 1. The van der Waals surface area contributed by atoms with Crippen LogP contribution in [0.3, 0.4) is 0 Å². The van der Waals surface area contributed by atoms with Crippen molar-refractivity contribution in [3.63, 3.8) is 0 Å². The van der Waals surface area contributed by atoms with E-state index in [-0.39, 0.29) is 12.1 Å². The summed E-state index contributed by atoms with van der Waals surface area (Å²) in [6.45, 7) is 1.03. The number of aliphatic hydroxyl groups excluding tert-OH is 1. The van der Waals surface area contributed by atoms with Gasteiger partial charge in [-0.05, 0) is 25.0 Å². The lowest BCUT2D eigenvalue weighted by Crippen LogP contribution is -2.43. The van der Waals surface area contributed by atoms with Crippen LogP contribution in [0.5, 0.6) is 0 Å². The van der Waals surface area contributed by atoms with Gasteiger partial charge in [-0.2, -0.15) is 5.10 Å². The Bertz CT molecular complexity index is 639. The third-order valence-corrected chi connectivity index (χ3v) is 4.21. The number of carbonyl (C=O) groups is 1. The molecule has 2 atom stereocenters. The molecule has 1 aliphatic heterocycles. The van der Waals surface area contributed by atoms with E-state index in [9.17, 15) is 9.90 Å². The third kappa shape index (κ3) is 3.53. The largest absolute Gasteiger partial charge is 0.467 e. The average molecular weight is 319 g/mol. The van der Waals surface area contributed by atoms with E-state index in [1.807, 2.05) is 0 Å². The number of rotatable bonds is 5. The highest BCUT2D eigenvalue weighted by Gasteiger charge is 2.31. The molecule has 2 N–H and O–H groups in total. The first kappa shape index (κ1) is 15.5. The smallest absolute Gasteiger partial charge is 0.318 e. The first-order valence-electron chi connectivity index (χ1n) is 7.74. The summed E-state index contributed by atoms with van der Waals surface area (Å²) >= 11 is 0. The Balaban J connectivity index is 1.55. The first-order chi connectivity index (χ1) is 11.1. The molecule has 3 heterocycles. The second-order valence-electron chi connectivity index (χ2n) is 5.71. The molecule has 2 amide bonds. The zero-order chi connectivity index (χ0) is 16.2. The predicted molar refractivity (Wildman–Crippen MR) is 81.3 cm³/mol. The molecule has 0 saturated carbocycles. The molecule has 0 aromatic carbocycles. The minimum atomic E-state index is -0.692. The van der Waals surface area contributed by atoms with Crippen molar-refractivity contribution in [3.8, 4) is 0 Å². The summed E-state index contributed by atoms with van der Waals surface area (Å²) < 4.78 is 6.85. The summed E-state index contributed by atoms with van der Waals surface area (Å²) in [6.07, 6.45) is 4.60. The number of aryl methyl sites for hydroxylation is 1. The molecular formula is C15H21N5O3. The van der Waals surface area contributed by atoms with E-state index in [0.29, 0.717) is 31.1 Å². The van der Waals surface area contributed by atoms with Crippen molar-refractivity contribution in [1.29, 1.82) is 0 Å². The van der Waals surface area contributed by atoms with Gasteiger partial charge in [-0.15, -0.1) is 0 Å². The monoisotopic (exact) mass is 319 g/mol. The Morgan fingerprint density at radius 3 is 3.17 bits per heavy atom. The van der Waals surface area contributed by atoms with Crippen LogP contribution in [0.25, 0.3) is 0 Å². The van der Waals surface area contributed by atoms with Crippen molar-refractivity contribution in [3.05, 3.63) is 36.3 Å². The summed E-state index contributed by atoms with van der Waals surface area (Å²) in [7, 11) is 1.78. The maximum absolute atomic E-state index is 12.4. The molecule has 1 saturated heterocycles. The molecule has 1 aliphatic rings. The minimum absolute atomic E-state index is 0.00889. The van der Waals surface area contributed by atoms with E-state index in [2.05, 4.69) is 15.4 Å². The van der Waals surface area contributed by atoms with Crippen LogP contribution >= 0.6 is 0 Å². The summed E-state index contributed by atoms with van der Waals surface area (Å²) in [5, 5.41) is 17.0. The number of nitrogens with one attached hydrogen (secondary N) is 1. The molecule has 8 nitrogen and oxygen atoms in total. The summed E-state index contributed by atoms with van der Waals surface area (Å²) in [5.74, 6) is 1.24. The zero-order valence-corrected chi connectivity index (χ0v) is 13.1. The van der Waals surface area contributed by atoms with Gasteiger partial charge in [-0.3, -0.25) is 4.68 Å². The Labute approximate surface area is 134 Å². The van der Waals surface area contributed by atoms with Gasteiger partial charge in [0.15, 0.2) is 0 Å². The van der Waals surface area contributed by atoms with Crippen molar-refractivity contribution < 1.29 is 14.3 Å². The van der Waals surface area contributed by atoms with E-state index < -0.39 is 6.10 Å². The van der Waals surface area contributed by atoms with E-state index in [1.54, 1.807) is 35.0 Å². The molecule has 0 bridgehead atoms. The Morgan fingerprint density at radius 2 is 2.48 bits per heavy atom. The number of aliphatic hydroxyl groups is 1. The molecule has 0 radical (unpaired) electrons. The fraction of sp³-hybridized carbons (Fsp3) is 0.533. The topological polar surface area (TPSA) is 96.4 Å². The lowest BCUT2D eigenvalue weighted by Gasteiger charge is -2.26. The lowest BCUT2D eigenvalue weighted by atomic mass is 10.1. The molecule has 1 fully saturated rings. The van der Waals surface area contributed by atoms with Crippen molar-refractivity contribution in [1.82, 2.24) is 25.0 Å². The highest BCUT2D eigenvalue weighted by Crippen LogP contribution is 2.27. The number of likely N-dealkylation sites (tertiary alicyclic amines) is 1. The maximum atomic E-state index is 12.4. The van der Waals surface area contributed by atoms with Crippen LogP contribution in [0.4, 0.5) is 4.79 Å². The quantitative estimate of drug-likeness (QED) is 0.863. The molecule has 3 rings (SSSR count). The highest BCUT2D eigenvalue weighted by molar-refractivity contribution is 5.74. The fourth-order valence-corrected chi connectivity index (χ4v) is 2.94. The Kier molecular flexibility index (Phi) is 4.61. The fourth-order valence-electron chi connectivity index (χ4n) is 2.94. The number of furan rings is 1. The van der Waals surface area contributed by atoms with Gasteiger partial charge in [-0.1, -0.05) is 0 Å². The molecular weight excluding hydrogens is 298 g/mol. The maximum Gasteiger partial charge on any atom is 0.318 e. The number of hydrogen-bond acceptors (Lipinski definition) is 5. The van der Waals surface area contributed by atoms with Gasteiger partial charge in [0.05, 0.1) is 12.8 Å². The van der Waals surface area contributed by atoms with E-state index in [4.69, 9.17) is 4.42 Å². The molecule has 23 heavy (non-hydrogen) atoms. The van der Waals surface area contributed by atoms with Gasteiger partial charge in [-0.25, -0.2) is 9.78 Å². The van der Waals surface area contributed by atoms with Crippen LogP contribution in [-0.4, -0.2) is 43.4 Å². The summed E-state index contributed by atoms with van der Waals surface area (Å²) in [6, 6.07) is 3.37.